The number of aliphatic hydroxyl groups excluding tert-OH is 5. The standard InChI is InChI=1S/C33H37N3O12/c37-9-1-7-32(31(45)46)13-19-12-23(40)29-21(6-8-33(48-29)30(44)28(43)27(42)24(15-38)47-33)26(19)36(32)25(41)5-3-17-2-4-22(39)18(10-17)11-20-14-34-16-35-20/h2-5,10,12,14,24,27-28,30,37-40,42-44H,1,6-9,11,13,15-16H2,(H,45,46)/t24-,27-,28+,30-,32-,33+/m1/s1. The van der Waals surface area contributed by atoms with Crippen molar-refractivity contribution in [1.82, 2.24) is 0 Å². The minimum Gasteiger partial charge on any atom is -0.508 e. The zero-order valence-corrected chi connectivity index (χ0v) is 25.8. The molecule has 0 unspecified atom stereocenters. The molecular weight excluding hydrogens is 630 g/mol. The van der Waals surface area contributed by atoms with Crippen molar-refractivity contribution < 1.29 is 59.9 Å². The number of amides is 1. The maximum Gasteiger partial charge on any atom is 0.330 e. The molecule has 4 aliphatic rings. The average Bonchev–Trinajstić information content (AvgIpc) is 3.71. The number of carboxylic acids is 1. The molecule has 8 N–H and O–H groups in total. The number of hydrogen-bond donors (Lipinski definition) is 8. The smallest absolute Gasteiger partial charge is 0.330 e. The van der Waals surface area contributed by atoms with E-state index in [0.29, 0.717) is 35.5 Å². The summed E-state index contributed by atoms with van der Waals surface area (Å²) in [6.45, 7) is -0.719. The number of rotatable bonds is 9. The quantitative estimate of drug-likeness (QED) is 0.162. The Kier molecular flexibility index (Phi) is 9.02. The van der Waals surface area contributed by atoms with Crippen molar-refractivity contribution in [3.05, 3.63) is 52.6 Å². The van der Waals surface area contributed by atoms with E-state index in [0.717, 1.165) is 4.90 Å². The summed E-state index contributed by atoms with van der Waals surface area (Å²) < 4.78 is 11.8. The summed E-state index contributed by atoms with van der Waals surface area (Å²) in [5, 5.41) is 83.2. The lowest BCUT2D eigenvalue weighted by molar-refractivity contribution is -0.342. The first kappa shape index (κ1) is 33.5. The molecule has 0 aromatic heterocycles. The number of hydrogen-bond acceptors (Lipinski definition) is 13. The summed E-state index contributed by atoms with van der Waals surface area (Å²) in [6.07, 6.45) is -2.28. The molecule has 0 radical (unpaired) electrons. The maximum absolute atomic E-state index is 14.1. The number of carbonyl (C=O) groups is 2. The van der Waals surface area contributed by atoms with Crippen molar-refractivity contribution in [3.63, 3.8) is 0 Å². The highest BCUT2D eigenvalue weighted by Gasteiger charge is 2.59. The Labute approximate surface area is 274 Å². The van der Waals surface area contributed by atoms with Gasteiger partial charge < -0.3 is 50.3 Å². The number of aliphatic hydroxyl groups is 5. The van der Waals surface area contributed by atoms with E-state index in [-0.39, 0.29) is 61.5 Å². The molecule has 48 heavy (non-hydrogen) atoms. The molecule has 2 aromatic carbocycles. The van der Waals surface area contributed by atoms with Crippen LogP contribution in [0.15, 0.2) is 40.3 Å². The van der Waals surface area contributed by atoms with Crippen LogP contribution in [0.1, 0.15) is 41.5 Å². The van der Waals surface area contributed by atoms with Crippen LogP contribution in [0.25, 0.3) is 6.08 Å². The molecule has 2 aromatic rings. The van der Waals surface area contributed by atoms with E-state index in [1.807, 2.05) is 0 Å². The molecule has 256 valence electrons. The molecule has 15 heteroatoms. The van der Waals surface area contributed by atoms with E-state index < -0.39 is 60.0 Å². The first-order chi connectivity index (χ1) is 22.9. The van der Waals surface area contributed by atoms with Gasteiger partial charge in [-0.3, -0.25) is 19.7 Å². The van der Waals surface area contributed by atoms with Crippen LogP contribution in [0.4, 0.5) is 5.69 Å². The minimum absolute atomic E-state index is 0.0260. The van der Waals surface area contributed by atoms with Gasteiger partial charge in [-0.1, -0.05) is 6.07 Å². The van der Waals surface area contributed by atoms with Crippen LogP contribution in [0.5, 0.6) is 17.2 Å². The largest absolute Gasteiger partial charge is 0.508 e. The maximum atomic E-state index is 14.1. The van der Waals surface area contributed by atoms with Crippen LogP contribution in [-0.4, -0.2) is 120 Å². The van der Waals surface area contributed by atoms with E-state index in [2.05, 4.69) is 9.98 Å². The third-order valence-corrected chi connectivity index (χ3v) is 9.43. The summed E-state index contributed by atoms with van der Waals surface area (Å²) in [5.74, 6) is -4.63. The molecule has 6 atom stereocenters. The lowest BCUT2D eigenvalue weighted by atomic mass is 9.86. The van der Waals surface area contributed by atoms with Crippen molar-refractivity contribution in [3.8, 4) is 17.2 Å². The average molecular weight is 668 g/mol. The summed E-state index contributed by atoms with van der Waals surface area (Å²) in [7, 11) is 0. The van der Waals surface area contributed by atoms with Crippen LogP contribution < -0.4 is 9.64 Å². The van der Waals surface area contributed by atoms with Crippen LogP contribution >= 0.6 is 0 Å². The fourth-order valence-corrected chi connectivity index (χ4v) is 7.02. The number of carbonyl (C=O) groups excluding carboxylic acids is 1. The molecule has 4 aliphatic heterocycles. The molecule has 1 spiro atoms. The summed E-state index contributed by atoms with van der Waals surface area (Å²) in [4.78, 5) is 36.6. The first-order valence-electron chi connectivity index (χ1n) is 15.6. The van der Waals surface area contributed by atoms with Crippen LogP contribution in [0, 0.1) is 0 Å². The number of nitrogens with zero attached hydrogens (tertiary/aromatic N) is 3. The predicted molar refractivity (Wildman–Crippen MR) is 169 cm³/mol. The second-order valence-electron chi connectivity index (χ2n) is 12.4. The zero-order chi connectivity index (χ0) is 34.4. The normalized spacial score (nSPS) is 29.2. The molecule has 6 rings (SSSR count). The number of aromatic hydroxyl groups is 2. The number of phenols is 2. The summed E-state index contributed by atoms with van der Waals surface area (Å²) >= 11 is 0. The lowest BCUT2D eigenvalue weighted by Crippen LogP contribution is -2.68. The van der Waals surface area contributed by atoms with Crippen molar-refractivity contribution in [2.45, 2.75) is 74.3 Å². The second kappa shape index (κ2) is 12.9. The van der Waals surface area contributed by atoms with Gasteiger partial charge >= 0.3 is 5.97 Å². The van der Waals surface area contributed by atoms with Gasteiger partial charge in [-0.25, -0.2) is 4.79 Å². The molecule has 1 saturated heterocycles. The number of ether oxygens (including phenoxy) is 2. The van der Waals surface area contributed by atoms with Crippen LogP contribution in [0.3, 0.4) is 0 Å². The Balaban J connectivity index is 1.39. The Hall–Kier alpha value is -4.38. The van der Waals surface area contributed by atoms with Crippen molar-refractivity contribution in [2.24, 2.45) is 9.98 Å². The van der Waals surface area contributed by atoms with Crippen molar-refractivity contribution in [2.75, 3.05) is 24.8 Å². The second-order valence-corrected chi connectivity index (χ2v) is 12.4. The Morgan fingerprint density at radius 3 is 2.56 bits per heavy atom. The zero-order valence-electron chi connectivity index (χ0n) is 25.8. The highest BCUT2D eigenvalue weighted by Crippen LogP contribution is 2.54. The van der Waals surface area contributed by atoms with E-state index in [1.165, 1.54) is 24.3 Å². The molecule has 0 saturated carbocycles. The number of carboxylic acid groups (broad SMARTS) is 1. The van der Waals surface area contributed by atoms with Gasteiger partial charge in [0.2, 0.25) is 5.79 Å². The van der Waals surface area contributed by atoms with E-state index in [9.17, 15) is 50.4 Å². The molecule has 1 amide bonds. The predicted octanol–water partition coefficient (Wildman–Crippen LogP) is -0.183. The van der Waals surface area contributed by atoms with Gasteiger partial charge in [0.05, 0.1) is 18.0 Å². The number of fused-ring (bicyclic) bond motifs is 3. The van der Waals surface area contributed by atoms with Crippen molar-refractivity contribution >= 4 is 35.6 Å². The topological polar surface area (TPSA) is 242 Å². The van der Waals surface area contributed by atoms with Crippen molar-refractivity contribution in [1.29, 1.82) is 0 Å². The molecule has 0 aliphatic carbocycles. The molecule has 15 nitrogen and oxygen atoms in total. The molecule has 1 fully saturated rings. The van der Waals surface area contributed by atoms with Crippen LogP contribution in [0.2, 0.25) is 0 Å². The third-order valence-electron chi connectivity index (χ3n) is 9.43. The Bertz CT molecular complexity index is 1710. The molecule has 4 heterocycles. The third kappa shape index (κ3) is 5.61. The highest BCUT2D eigenvalue weighted by atomic mass is 16.7. The van der Waals surface area contributed by atoms with Gasteiger partial charge in [0.25, 0.3) is 5.91 Å². The summed E-state index contributed by atoms with van der Waals surface area (Å²) in [6, 6.07) is 6.02. The van der Waals surface area contributed by atoms with Gasteiger partial charge in [0, 0.05) is 49.3 Å². The summed E-state index contributed by atoms with van der Waals surface area (Å²) in [5.41, 5.74) is 0.721. The lowest BCUT2D eigenvalue weighted by Gasteiger charge is -2.50. The fourth-order valence-electron chi connectivity index (χ4n) is 7.02. The number of aliphatic imine (C=N–C) groups is 2. The number of benzene rings is 2. The Morgan fingerprint density at radius 1 is 1.08 bits per heavy atom. The SMILES string of the molecule is O=C(C=Cc1ccc(O)c(CC2=NCN=C2)c1)N1c2c(cc(O)c3c2CC[C@@]2(O3)O[C@H](CO)[C@@H](O)[C@H](O)[C@H]2O)C[C@]1(CCCO)C(=O)O. The van der Waals surface area contributed by atoms with E-state index in [1.54, 1.807) is 18.3 Å². The van der Waals surface area contributed by atoms with Gasteiger partial charge in [-0.05, 0) is 54.7 Å². The van der Waals surface area contributed by atoms with Gasteiger partial charge in [0.1, 0.15) is 42.4 Å². The van der Waals surface area contributed by atoms with Gasteiger partial charge in [-0.15, -0.1) is 0 Å². The Morgan fingerprint density at radius 2 is 1.88 bits per heavy atom. The van der Waals surface area contributed by atoms with E-state index in [4.69, 9.17) is 9.47 Å². The number of anilines is 1. The number of aliphatic carboxylic acids is 1. The first-order valence-corrected chi connectivity index (χ1v) is 15.6. The number of phenolic OH excluding ortho intramolecular Hbond substituents is 2. The van der Waals surface area contributed by atoms with Gasteiger partial charge in [0.15, 0.2) is 11.5 Å². The molecule has 0 bridgehead atoms. The highest BCUT2D eigenvalue weighted by molar-refractivity contribution is 6.32. The van der Waals surface area contributed by atoms with Crippen LogP contribution in [-0.2, 0) is 33.6 Å². The van der Waals surface area contributed by atoms with E-state index >= 15 is 0 Å². The minimum atomic E-state index is -1.98. The van der Waals surface area contributed by atoms with Gasteiger partial charge in [-0.2, -0.15) is 0 Å². The molecular formula is C33H37N3O12. The fraction of sp³-hybridized carbons (Fsp3) is 0.455. The monoisotopic (exact) mass is 667 g/mol.